The van der Waals surface area contributed by atoms with Crippen LogP contribution in [0.2, 0.25) is 0 Å². The molecule has 1 N–H and O–H groups in total. The summed E-state index contributed by atoms with van der Waals surface area (Å²) in [4.78, 5) is 16.6. The minimum atomic E-state index is 0. The fourth-order valence-electron chi connectivity index (χ4n) is 13.4. The van der Waals surface area contributed by atoms with Crippen molar-refractivity contribution in [3.8, 4) is 11.3 Å². The molecule has 8 aliphatic carbocycles. The molecule has 1 aromatic heterocycles. The first-order chi connectivity index (χ1) is 24.3. The van der Waals surface area contributed by atoms with E-state index in [-0.39, 0.29) is 31.6 Å². The van der Waals surface area contributed by atoms with Crippen LogP contribution in [0.4, 0.5) is 0 Å². The van der Waals surface area contributed by atoms with Gasteiger partial charge < -0.3 is 5.11 Å². The normalized spacial score (nSPS) is 32.7. The first kappa shape index (κ1) is 38.0. The molecule has 1 heterocycles. The van der Waals surface area contributed by atoms with Gasteiger partial charge in [-0.05, 0) is 158 Å². The molecule has 3 nitrogen and oxygen atoms in total. The summed E-state index contributed by atoms with van der Waals surface area (Å²) in [5, 5.41) is 10.9. The number of aromatic nitrogens is 1. The molecule has 11 rings (SSSR count). The van der Waals surface area contributed by atoms with E-state index in [4.69, 9.17) is 4.98 Å². The van der Waals surface area contributed by atoms with Crippen molar-refractivity contribution in [3.63, 3.8) is 0 Å². The molecule has 8 bridgehead atoms. The third-order valence-electron chi connectivity index (χ3n) is 14.0. The summed E-state index contributed by atoms with van der Waals surface area (Å²) >= 11 is 0. The maximum absolute atomic E-state index is 11.2. The molecule has 1 radical (unpaired) electrons. The van der Waals surface area contributed by atoms with Gasteiger partial charge in [0.1, 0.15) is 0 Å². The van der Waals surface area contributed by atoms with Gasteiger partial charge in [0.15, 0.2) is 5.78 Å². The van der Waals surface area contributed by atoms with Crippen molar-refractivity contribution in [2.24, 2.45) is 47.3 Å². The predicted octanol–water partition coefficient (Wildman–Crippen LogP) is 12.3. The van der Waals surface area contributed by atoms with E-state index in [1.165, 1.54) is 105 Å². The molecule has 8 aliphatic rings. The van der Waals surface area contributed by atoms with Crippen LogP contribution in [0.3, 0.4) is 0 Å². The average molecular weight is 877 g/mol. The van der Waals surface area contributed by atoms with Crippen LogP contribution in [0.25, 0.3) is 22.2 Å². The first-order valence-electron chi connectivity index (χ1n) is 20.7. The number of nitrogens with zero attached hydrogens (tertiary/aromatic N) is 1. The summed E-state index contributed by atoms with van der Waals surface area (Å²) in [6.45, 7) is 12.3. The molecule has 0 saturated heterocycles. The van der Waals surface area contributed by atoms with Crippen LogP contribution in [0.1, 0.15) is 140 Å². The smallest absolute Gasteiger partial charge is 0.159 e. The largest absolute Gasteiger partial charge is 0.512 e. The predicted molar refractivity (Wildman–Crippen MR) is 210 cm³/mol. The number of aryl methyl sites for hydroxylation is 2. The molecule has 3 aromatic rings. The monoisotopic (exact) mass is 877 g/mol. The SMILES string of the molecule is CC(C)CC(=O)/C=C(\O)CC(C)C.Cc1[c-]c(-c2ccc3c(C45CC6CC(CC(C6)C4)C5)c(C45CC6CC(CC(C6)C4)C5)ccc3n2)cc(C)c1.[Ir]. The molecule has 0 aliphatic heterocycles. The van der Waals surface area contributed by atoms with Crippen LogP contribution >= 0.6 is 0 Å². The Morgan fingerprint density at radius 3 is 1.79 bits per heavy atom. The number of allylic oxidation sites excluding steroid dienone is 2. The van der Waals surface area contributed by atoms with Gasteiger partial charge in [0.05, 0.1) is 11.3 Å². The van der Waals surface area contributed by atoms with Gasteiger partial charge in [-0.2, -0.15) is 0 Å². The molecular formula is C48H62IrNO2-. The Hall–Kier alpha value is -2.29. The molecular weight excluding hydrogens is 815 g/mol. The molecule has 281 valence electrons. The number of carbonyl (C=O) groups excluding carboxylic acids is 1. The van der Waals surface area contributed by atoms with E-state index in [2.05, 4.69) is 56.3 Å². The molecule has 8 saturated carbocycles. The molecule has 4 heteroatoms. The average Bonchev–Trinajstić information content (AvgIpc) is 3.01. The van der Waals surface area contributed by atoms with Crippen LogP contribution in [-0.4, -0.2) is 15.9 Å². The number of hydrogen-bond acceptors (Lipinski definition) is 3. The van der Waals surface area contributed by atoms with Gasteiger partial charge in [0.2, 0.25) is 0 Å². The van der Waals surface area contributed by atoms with Crippen LogP contribution in [0.5, 0.6) is 0 Å². The quantitative estimate of drug-likeness (QED) is 0.139. The summed E-state index contributed by atoms with van der Waals surface area (Å²) in [7, 11) is 0. The fraction of sp³-hybridized carbons (Fsp3) is 0.625. The van der Waals surface area contributed by atoms with Crippen molar-refractivity contribution in [2.45, 2.75) is 142 Å². The van der Waals surface area contributed by atoms with E-state index < -0.39 is 0 Å². The Morgan fingerprint density at radius 1 is 0.769 bits per heavy atom. The number of rotatable bonds is 8. The third-order valence-corrected chi connectivity index (χ3v) is 14.0. The van der Waals surface area contributed by atoms with Crippen LogP contribution in [0.15, 0.2) is 48.2 Å². The van der Waals surface area contributed by atoms with E-state index in [1.54, 1.807) is 11.1 Å². The summed E-state index contributed by atoms with van der Waals surface area (Å²) in [5.41, 5.74) is 10.4. The van der Waals surface area contributed by atoms with Gasteiger partial charge in [-0.25, -0.2) is 0 Å². The van der Waals surface area contributed by atoms with Crippen molar-refractivity contribution in [3.05, 3.63) is 76.6 Å². The fourth-order valence-corrected chi connectivity index (χ4v) is 13.4. The molecule has 0 unspecified atom stereocenters. The second-order valence-electron chi connectivity index (χ2n) is 19.7. The Bertz CT molecular complexity index is 1740. The second-order valence-corrected chi connectivity index (χ2v) is 19.7. The molecule has 0 atom stereocenters. The zero-order valence-electron chi connectivity index (χ0n) is 32.7. The second kappa shape index (κ2) is 14.7. The number of aliphatic hydroxyl groups is 1. The van der Waals surface area contributed by atoms with Crippen molar-refractivity contribution in [2.75, 3.05) is 0 Å². The van der Waals surface area contributed by atoms with E-state index in [0.717, 1.165) is 46.8 Å². The minimum Gasteiger partial charge on any atom is -0.512 e. The molecule has 8 fully saturated rings. The van der Waals surface area contributed by atoms with Gasteiger partial charge in [0, 0.05) is 44.4 Å². The van der Waals surface area contributed by atoms with E-state index in [0.29, 0.717) is 35.5 Å². The Morgan fingerprint density at radius 2 is 1.29 bits per heavy atom. The third kappa shape index (κ3) is 7.51. The number of aliphatic hydroxyl groups excluding tert-OH is 1. The van der Waals surface area contributed by atoms with Gasteiger partial charge in [-0.1, -0.05) is 59.7 Å². The van der Waals surface area contributed by atoms with Gasteiger partial charge >= 0.3 is 0 Å². The number of benzene rings is 2. The Balaban J connectivity index is 0.000000261. The summed E-state index contributed by atoms with van der Waals surface area (Å²) in [6.07, 6.45) is 20.3. The van der Waals surface area contributed by atoms with Crippen LogP contribution in [0, 0.1) is 67.3 Å². The van der Waals surface area contributed by atoms with Gasteiger partial charge in [-0.15, -0.1) is 34.9 Å². The van der Waals surface area contributed by atoms with E-state index >= 15 is 0 Å². The molecule has 0 spiro atoms. The zero-order valence-corrected chi connectivity index (χ0v) is 35.1. The standard InChI is InChI=1S/C37H42N.C11H20O2.Ir/c1-22-7-23(2)9-30(8-22)33-5-3-31-34(38-33)6-4-32(36-16-24-10-25(17-36)12-26(11-24)18-36)35(31)37-19-27-13-28(20-37)15-29(14-27)21-37;1-8(2)5-10(12)7-11(13)6-9(3)4;/h3-8,24-29H,10-21H2,1-2H3;7-9,12H,5-6H2,1-4H3;/q-1;;/b;10-7-;. The topological polar surface area (TPSA) is 50.2 Å². The number of ketones is 1. The maximum Gasteiger partial charge on any atom is 0.159 e. The van der Waals surface area contributed by atoms with Crippen LogP contribution in [-0.2, 0) is 35.7 Å². The van der Waals surface area contributed by atoms with Crippen molar-refractivity contribution in [1.82, 2.24) is 4.98 Å². The summed E-state index contributed by atoms with van der Waals surface area (Å²) in [6, 6.07) is 18.0. The number of fused-ring (bicyclic) bond motifs is 1. The number of hydrogen-bond donors (Lipinski definition) is 1. The van der Waals surface area contributed by atoms with Crippen molar-refractivity contribution < 1.29 is 30.0 Å². The number of pyridine rings is 1. The maximum atomic E-state index is 11.2. The molecule has 0 amide bonds. The minimum absolute atomic E-state index is 0. The summed E-state index contributed by atoms with van der Waals surface area (Å²) in [5.74, 6) is 6.85. The van der Waals surface area contributed by atoms with Gasteiger partial charge in [-0.3, -0.25) is 9.78 Å². The van der Waals surface area contributed by atoms with E-state index in [1.807, 2.05) is 27.7 Å². The molecule has 2 aromatic carbocycles. The van der Waals surface area contributed by atoms with E-state index in [9.17, 15) is 9.90 Å². The first-order valence-corrected chi connectivity index (χ1v) is 20.7. The van der Waals surface area contributed by atoms with Crippen molar-refractivity contribution in [1.29, 1.82) is 0 Å². The zero-order chi connectivity index (χ0) is 35.7. The Labute approximate surface area is 327 Å². The van der Waals surface area contributed by atoms with Gasteiger partial charge in [0.25, 0.3) is 0 Å². The molecule has 52 heavy (non-hydrogen) atoms. The van der Waals surface area contributed by atoms with Crippen LogP contribution < -0.4 is 0 Å². The summed E-state index contributed by atoms with van der Waals surface area (Å²) < 4.78 is 0. The number of carbonyl (C=O) groups is 1. The van der Waals surface area contributed by atoms with Crippen molar-refractivity contribution >= 4 is 16.7 Å². The Kier molecular flexibility index (Phi) is 10.8.